The molecule has 4 aromatic heterocycles. The maximum absolute atomic E-state index is 12.2. The van der Waals surface area contributed by atoms with Gasteiger partial charge in [0.2, 0.25) is 0 Å². The third kappa shape index (κ3) is 4.69. The van der Waals surface area contributed by atoms with Gasteiger partial charge in [-0.3, -0.25) is 10.3 Å². The van der Waals surface area contributed by atoms with Crippen molar-refractivity contribution in [3.8, 4) is 10.4 Å². The summed E-state index contributed by atoms with van der Waals surface area (Å²) in [6.45, 7) is 2.31. The molecule has 0 aliphatic heterocycles. The monoisotopic (exact) mass is 436 g/mol. The summed E-state index contributed by atoms with van der Waals surface area (Å²) in [4.78, 5) is 37.8. The molecule has 0 aromatic carbocycles. The Balaban J connectivity index is 1.33. The quantitative estimate of drug-likeness (QED) is 0.449. The summed E-state index contributed by atoms with van der Waals surface area (Å²) >= 11 is 1.41. The Morgan fingerprint density at radius 2 is 2.00 bits per heavy atom. The minimum atomic E-state index is -0.408. The van der Waals surface area contributed by atoms with E-state index in [4.69, 9.17) is 4.74 Å². The highest BCUT2D eigenvalue weighted by Crippen LogP contribution is 2.32. The number of hydrogen-bond acceptors (Lipinski definition) is 7. The number of aromatic nitrogens is 4. The van der Waals surface area contributed by atoms with E-state index in [1.807, 2.05) is 29.7 Å². The minimum Gasteiger partial charge on any atom is -0.465 e. The molecule has 0 aliphatic carbocycles. The van der Waals surface area contributed by atoms with Gasteiger partial charge in [0.1, 0.15) is 5.65 Å². The van der Waals surface area contributed by atoms with Gasteiger partial charge in [-0.05, 0) is 36.8 Å². The van der Waals surface area contributed by atoms with E-state index < -0.39 is 5.97 Å². The van der Waals surface area contributed by atoms with Crippen molar-refractivity contribution in [3.05, 3.63) is 66.0 Å². The number of esters is 1. The number of anilines is 1. The Bertz CT molecular complexity index is 1230. The van der Waals surface area contributed by atoms with E-state index in [0.717, 1.165) is 21.8 Å². The van der Waals surface area contributed by atoms with Crippen molar-refractivity contribution >= 4 is 34.1 Å². The van der Waals surface area contributed by atoms with Crippen LogP contribution in [0.4, 0.5) is 9.93 Å². The number of methoxy groups -OCH3 is 1. The standard InChI is InChI=1S/C21H20N6O3S/c1-13-18(14-3-7-22-8-4-14)31-21(24-13)26-20(29)23-9-5-16-12-27-10-6-15(19(28)30-2)11-17(27)25-16/h3-4,6-8,10-12H,5,9H2,1-2H3,(H2,23,24,26,29). The summed E-state index contributed by atoms with van der Waals surface area (Å²) in [5, 5.41) is 6.12. The number of nitrogens with zero attached hydrogens (tertiary/aromatic N) is 4. The van der Waals surface area contributed by atoms with Crippen LogP contribution in [-0.2, 0) is 11.2 Å². The number of aryl methyl sites for hydroxylation is 1. The first-order valence-corrected chi connectivity index (χ1v) is 10.3. The number of carbonyl (C=O) groups is 2. The molecule has 0 fully saturated rings. The zero-order valence-electron chi connectivity index (χ0n) is 17.0. The topological polar surface area (TPSA) is 111 Å². The third-order valence-electron chi connectivity index (χ3n) is 4.56. The van der Waals surface area contributed by atoms with E-state index in [1.54, 1.807) is 30.7 Å². The van der Waals surface area contributed by atoms with Crippen LogP contribution in [0.15, 0.2) is 49.1 Å². The number of imidazole rings is 1. The van der Waals surface area contributed by atoms with Crippen LogP contribution in [0.1, 0.15) is 21.7 Å². The van der Waals surface area contributed by atoms with E-state index in [2.05, 4.69) is 25.6 Å². The van der Waals surface area contributed by atoms with Crippen LogP contribution in [0.25, 0.3) is 16.1 Å². The van der Waals surface area contributed by atoms with Crippen molar-refractivity contribution < 1.29 is 14.3 Å². The van der Waals surface area contributed by atoms with Crippen LogP contribution < -0.4 is 10.6 Å². The second kappa shape index (κ2) is 8.92. The van der Waals surface area contributed by atoms with E-state index in [-0.39, 0.29) is 6.03 Å². The number of carbonyl (C=O) groups excluding carboxylic acids is 2. The summed E-state index contributed by atoms with van der Waals surface area (Å²) in [7, 11) is 1.34. The molecular formula is C21H20N6O3S. The van der Waals surface area contributed by atoms with Crippen molar-refractivity contribution in [2.75, 3.05) is 19.0 Å². The third-order valence-corrected chi connectivity index (χ3v) is 5.68. The fourth-order valence-corrected chi connectivity index (χ4v) is 4.03. The number of thiazole rings is 1. The van der Waals surface area contributed by atoms with Crippen LogP contribution in [0.2, 0.25) is 0 Å². The van der Waals surface area contributed by atoms with Crippen molar-refractivity contribution in [1.29, 1.82) is 0 Å². The second-order valence-electron chi connectivity index (χ2n) is 6.71. The Hall–Kier alpha value is -3.79. The number of hydrogen-bond donors (Lipinski definition) is 2. The lowest BCUT2D eigenvalue weighted by molar-refractivity contribution is 0.0600. The van der Waals surface area contributed by atoms with Crippen LogP contribution in [-0.4, -0.2) is 45.0 Å². The number of nitrogens with one attached hydrogen (secondary N) is 2. The maximum Gasteiger partial charge on any atom is 0.338 e. The molecule has 2 N–H and O–H groups in total. The normalized spacial score (nSPS) is 10.8. The van der Waals surface area contributed by atoms with Crippen LogP contribution >= 0.6 is 11.3 Å². The zero-order chi connectivity index (χ0) is 21.8. The highest BCUT2D eigenvalue weighted by atomic mass is 32.1. The Morgan fingerprint density at radius 3 is 2.77 bits per heavy atom. The average molecular weight is 436 g/mol. The molecule has 2 amide bonds. The van der Waals surface area contributed by atoms with E-state index in [0.29, 0.717) is 29.3 Å². The zero-order valence-corrected chi connectivity index (χ0v) is 17.8. The van der Waals surface area contributed by atoms with Crippen LogP contribution in [0.3, 0.4) is 0 Å². The van der Waals surface area contributed by atoms with Gasteiger partial charge < -0.3 is 14.5 Å². The molecule has 0 saturated heterocycles. The smallest absolute Gasteiger partial charge is 0.338 e. The predicted octanol–water partition coefficient (Wildman–Crippen LogP) is 3.31. The summed E-state index contributed by atoms with van der Waals surface area (Å²) in [6, 6.07) is 6.83. The molecule has 0 unspecified atom stereocenters. The fourth-order valence-electron chi connectivity index (χ4n) is 3.07. The first-order chi connectivity index (χ1) is 15.0. The summed E-state index contributed by atoms with van der Waals surface area (Å²) in [5.74, 6) is -0.408. The predicted molar refractivity (Wildman–Crippen MR) is 117 cm³/mol. The molecule has 0 atom stereocenters. The van der Waals surface area contributed by atoms with Gasteiger partial charge in [0.15, 0.2) is 5.13 Å². The summed E-state index contributed by atoms with van der Waals surface area (Å²) in [6.07, 6.45) is 7.61. The van der Waals surface area contributed by atoms with Gasteiger partial charge in [-0.15, -0.1) is 0 Å². The fraction of sp³-hybridized carbons (Fsp3) is 0.190. The number of fused-ring (bicyclic) bond motifs is 1. The van der Waals surface area contributed by atoms with Gasteiger partial charge in [-0.25, -0.2) is 19.6 Å². The lowest BCUT2D eigenvalue weighted by Crippen LogP contribution is -2.30. The van der Waals surface area contributed by atoms with Crippen LogP contribution in [0.5, 0.6) is 0 Å². The van der Waals surface area contributed by atoms with Crippen molar-refractivity contribution in [1.82, 2.24) is 24.7 Å². The van der Waals surface area contributed by atoms with Crippen molar-refractivity contribution in [3.63, 3.8) is 0 Å². The molecule has 4 rings (SSSR count). The molecular weight excluding hydrogens is 416 g/mol. The second-order valence-corrected chi connectivity index (χ2v) is 7.70. The Kier molecular flexibility index (Phi) is 5.89. The Labute approximate surface area is 182 Å². The highest BCUT2D eigenvalue weighted by Gasteiger charge is 2.12. The summed E-state index contributed by atoms with van der Waals surface area (Å²) < 4.78 is 6.55. The molecule has 0 saturated carbocycles. The largest absolute Gasteiger partial charge is 0.465 e. The van der Waals surface area contributed by atoms with E-state index in [9.17, 15) is 9.59 Å². The first-order valence-electron chi connectivity index (χ1n) is 9.52. The molecule has 0 spiro atoms. The number of amides is 2. The molecule has 9 nitrogen and oxygen atoms in total. The number of rotatable bonds is 6. The number of pyridine rings is 2. The minimum absolute atomic E-state index is 0.327. The molecule has 0 bridgehead atoms. The Morgan fingerprint density at radius 1 is 1.19 bits per heavy atom. The summed E-state index contributed by atoms with van der Waals surface area (Å²) in [5.41, 5.74) is 3.74. The first kappa shape index (κ1) is 20.5. The molecule has 10 heteroatoms. The van der Waals surface area contributed by atoms with Gasteiger partial charge in [0, 0.05) is 37.8 Å². The van der Waals surface area contributed by atoms with Gasteiger partial charge in [-0.1, -0.05) is 11.3 Å². The number of urea groups is 1. The average Bonchev–Trinajstić information content (AvgIpc) is 3.35. The van der Waals surface area contributed by atoms with Crippen molar-refractivity contribution in [2.24, 2.45) is 0 Å². The molecule has 0 radical (unpaired) electrons. The van der Waals surface area contributed by atoms with Gasteiger partial charge >= 0.3 is 12.0 Å². The highest BCUT2D eigenvalue weighted by molar-refractivity contribution is 7.19. The van der Waals surface area contributed by atoms with Gasteiger partial charge in [0.05, 0.1) is 28.9 Å². The van der Waals surface area contributed by atoms with E-state index >= 15 is 0 Å². The van der Waals surface area contributed by atoms with Crippen molar-refractivity contribution in [2.45, 2.75) is 13.3 Å². The lowest BCUT2D eigenvalue weighted by atomic mass is 10.2. The van der Waals surface area contributed by atoms with E-state index in [1.165, 1.54) is 18.4 Å². The van der Waals surface area contributed by atoms with Gasteiger partial charge in [0.25, 0.3) is 0 Å². The molecule has 4 heterocycles. The van der Waals surface area contributed by atoms with Gasteiger partial charge in [-0.2, -0.15) is 0 Å². The molecule has 31 heavy (non-hydrogen) atoms. The lowest BCUT2D eigenvalue weighted by Gasteiger charge is -2.03. The maximum atomic E-state index is 12.2. The molecule has 158 valence electrons. The van der Waals surface area contributed by atoms with Crippen LogP contribution in [0, 0.1) is 6.92 Å². The SMILES string of the molecule is COC(=O)c1ccn2cc(CCNC(=O)Nc3nc(C)c(-c4ccncc4)s3)nc2c1. The molecule has 0 aliphatic rings. The molecule has 4 aromatic rings. The number of ether oxygens (including phenoxy) is 1.